The van der Waals surface area contributed by atoms with E-state index in [2.05, 4.69) is 24.3 Å². The molecule has 5 nitrogen and oxygen atoms in total. The third kappa shape index (κ3) is 4.30. The predicted molar refractivity (Wildman–Crippen MR) is 108 cm³/mol. The van der Waals surface area contributed by atoms with Gasteiger partial charge in [0.2, 0.25) is 11.8 Å². The summed E-state index contributed by atoms with van der Waals surface area (Å²) in [5, 5.41) is 0. The Morgan fingerprint density at radius 3 is 2.57 bits per heavy atom. The molecular weight excluding hydrogens is 352 g/mol. The molecule has 0 aromatic heterocycles. The van der Waals surface area contributed by atoms with Crippen LogP contribution in [0.3, 0.4) is 0 Å². The van der Waals surface area contributed by atoms with E-state index in [1.165, 1.54) is 0 Å². The number of benzene rings is 1. The zero-order valence-electron chi connectivity index (χ0n) is 16.5. The van der Waals surface area contributed by atoms with Gasteiger partial charge in [0, 0.05) is 57.1 Å². The van der Waals surface area contributed by atoms with Gasteiger partial charge in [-0.2, -0.15) is 0 Å². The fourth-order valence-electron chi connectivity index (χ4n) is 4.77. The summed E-state index contributed by atoms with van der Waals surface area (Å²) in [6.07, 6.45) is 8.36. The zero-order valence-corrected chi connectivity index (χ0v) is 16.5. The van der Waals surface area contributed by atoms with Gasteiger partial charge in [0.25, 0.3) is 0 Å². The second-order valence-corrected chi connectivity index (χ2v) is 8.48. The predicted octanol–water partition coefficient (Wildman–Crippen LogP) is 2.97. The molecule has 28 heavy (non-hydrogen) atoms. The lowest BCUT2D eigenvalue weighted by Gasteiger charge is -2.40. The molecule has 5 heteroatoms. The minimum Gasteiger partial charge on any atom is -0.381 e. The van der Waals surface area contributed by atoms with Gasteiger partial charge >= 0.3 is 0 Å². The van der Waals surface area contributed by atoms with Crippen molar-refractivity contribution < 1.29 is 14.3 Å². The zero-order chi connectivity index (χ0) is 19.4. The molecule has 3 saturated heterocycles. The van der Waals surface area contributed by atoms with Gasteiger partial charge in [-0.05, 0) is 31.2 Å². The molecule has 3 aliphatic heterocycles. The van der Waals surface area contributed by atoms with Gasteiger partial charge in [0.05, 0.1) is 0 Å². The molecule has 0 N–H and O–H groups in total. The van der Waals surface area contributed by atoms with Gasteiger partial charge in [0.1, 0.15) is 0 Å². The van der Waals surface area contributed by atoms with Crippen LogP contribution < -0.4 is 0 Å². The van der Waals surface area contributed by atoms with Crippen LogP contribution in [0.2, 0.25) is 0 Å². The molecule has 0 bridgehead atoms. The van der Waals surface area contributed by atoms with Crippen LogP contribution in [0.4, 0.5) is 0 Å². The topological polar surface area (TPSA) is 49.9 Å². The summed E-state index contributed by atoms with van der Waals surface area (Å²) >= 11 is 0. The first-order valence-corrected chi connectivity index (χ1v) is 10.5. The smallest absolute Gasteiger partial charge is 0.225 e. The molecule has 3 aliphatic rings. The molecule has 2 amide bonds. The maximum Gasteiger partial charge on any atom is 0.225 e. The van der Waals surface area contributed by atoms with Gasteiger partial charge in [-0.15, -0.1) is 0 Å². The summed E-state index contributed by atoms with van der Waals surface area (Å²) in [6, 6.07) is 10.2. The number of carbonyl (C=O) groups is 2. The van der Waals surface area contributed by atoms with Gasteiger partial charge < -0.3 is 14.5 Å². The lowest BCUT2D eigenvalue weighted by molar-refractivity contribution is -0.140. The number of hydrogen-bond donors (Lipinski definition) is 0. The largest absolute Gasteiger partial charge is 0.381 e. The van der Waals surface area contributed by atoms with Crippen molar-refractivity contribution in [3.63, 3.8) is 0 Å². The Morgan fingerprint density at radius 2 is 1.86 bits per heavy atom. The Balaban J connectivity index is 1.29. The van der Waals surface area contributed by atoms with Gasteiger partial charge in [-0.3, -0.25) is 9.59 Å². The Bertz CT molecular complexity index is 717. The Morgan fingerprint density at radius 1 is 1.14 bits per heavy atom. The maximum atomic E-state index is 12.7. The van der Waals surface area contributed by atoms with Crippen LogP contribution in [0.1, 0.15) is 37.7 Å². The first-order valence-electron chi connectivity index (χ1n) is 10.5. The molecule has 4 rings (SSSR count). The normalized spacial score (nSPS) is 23.1. The number of likely N-dealkylation sites (tertiary alicyclic amines) is 2. The molecule has 3 fully saturated rings. The highest BCUT2D eigenvalue weighted by Crippen LogP contribution is 2.41. The van der Waals surface area contributed by atoms with Crippen molar-refractivity contribution in [2.24, 2.45) is 11.3 Å². The van der Waals surface area contributed by atoms with E-state index < -0.39 is 0 Å². The molecule has 1 aromatic rings. The average Bonchev–Trinajstić information content (AvgIpc) is 3.04. The summed E-state index contributed by atoms with van der Waals surface area (Å²) < 4.78 is 5.38. The molecule has 150 valence electrons. The molecule has 3 heterocycles. The van der Waals surface area contributed by atoms with E-state index in [0.29, 0.717) is 32.1 Å². The van der Waals surface area contributed by atoms with Crippen molar-refractivity contribution in [1.82, 2.24) is 9.80 Å². The van der Waals surface area contributed by atoms with E-state index in [9.17, 15) is 9.59 Å². The van der Waals surface area contributed by atoms with Gasteiger partial charge in [-0.1, -0.05) is 42.5 Å². The van der Waals surface area contributed by atoms with Crippen LogP contribution >= 0.6 is 0 Å². The molecular formula is C23H30N2O3. The summed E-state index contributed by atoms with van der Waals surface area (Å²) in [6.45, 7) is 4.47. The molecule has 0 saturated carbocycles. The number of carbonyl (C=O) groups excluding carboxylic acids is 2. The van der Waals surface area contributed by atoms with Crippen molar-refractivity contribution >= 4 is 17.9 Å². The Hall–Kier alpha value is -2.14. The molecule has 0 aliphatic carbocycles. The average molecular weight is 383 g/mol. The van der Waals surface area contributed by atoms with E-state index in [4.69, 9.17) is 4.74 Å². The maximum absolute atomic E-state index is 12.7. The third-order valence-electron chi connectivity index (χ3n) is 6.55. The number of hydrogen-bond acceptors (Lipinski definition) is 3. The summed E-state index contributed by atoms with van der Waals surface area (Å²) in [5.41, 5.74) is 1.22. The van der Waals surface area contributed by atoms with Crippen LogP contribution in [-0.2, 0) is 14.3 Å². The molecule has 0 atom stereocenters. The highest BCUT2D eigenvalue weighted by molar-refractivity contribution is 5.81. The number of rotatable bonds is 4. The van der Waals surface area contributed by atoms with Crippen LogP contribution in [0.25, 0.3) is 6.08 Å². The monoisotopic (exact) mass is 382 g/mol. The highest BCUT2D eigenvalue weighted by Gasteiger charge is 2.45. The quantitative estimate of drug-likeness (QED) is 0.804. The van der Waals surface area contributed by atoms with Gasteiger partial charge in [0.15, 0.2) is 0 Å². The van der Waals surface area contributed by atoms with E-state index in [1.807, 2.05) is 28.0 Å². The first kappa shape index (κ1) is 19.2. The molecule has 1 aromatic carbocycles. The Kier molecular flexibility index (Phi) is 5.81. The van der Waals surface area contributed by atoms with Crippen LogP contribution in [0.5, 0.6) is 0 Å². The van der Waals surface area contributed by atoms with Crippen LogP contribution in [-0.4, -0.2) is 61.0 Å². The second-order valence-electron chi connectivity index (χ2n) is 8.48. The lowest BCUT2D eigenvalue weighted by Crippen LogP contribution is -2.47. The van der Waals surface area contributed by atoms with Crippen molar-refractivity contribution in [3.05, 3.63) is 42.0 Å². The standard InChI is InChI=1S/C23H30N2O3/c26-21-17-23(18-25(21)12-4-7-19-5-2-1-3-6-19)10-13-24(14-11-23)22(27)20-8-15-28-16-9-20/h1-7,20H,8-18H2/b7-4+. The number of nitrogens with zero attached hydrogens (tertiary/aromatic N) is 2. The summed E-state index contributed by atoms with van der Waals surface area (Å²) in [4.78, 5) is 29.3. The SMILES string of the molecule is O=C1CC2(CCN(C(=O)C3CCOCC3)CC2)CN1C/C=C/c1ccccc1. The molecule has 0 unspecified atom stereocenters. The van der Waals surface area contributed by atoms with E-state index in [1.54, 1.807) is 0 Å². The van der Waals surface area contributed by atoms with Crippen molar-refractivity contribution in [2.45, 2.75) is 32.1 Å². The van der Waals surface area contributed by atoms with Crippen molar-refractivity contribution in [3.8, 4) is 0 Å². The van der Waals surface area contributed by atoms with E-state index in [0.717, 1.165) is 50.9 Å². The number of amides is 2. The minimum atomic E-state index is 0.0596. The number of piperidine rings is 1. The molecule has 0 radical (unpaired) electrons. The van der Waals surface area contributed by atoms with Crippen molar-refractivity contribution in [2.75, 3.05) is 39.4 Å². The first-order chi connectivity index (χ1) is 13.7. The van der Waals surface area contributed by atoms with E-state index in [-0.39, 0.29) is 17.2 Å². The summed E-state index contributed by atoms with van der Waals surface area (Å²) in [7, 11) is 0. The van der Waals surface area contributed by atoms with Crippen LogP contribution in [0, 0.1) is 11.3 Å². The highest BCUT2D eigenvalue weighted by atomic mass is 16.5. The fourth-order valence-corrected chi connectivity index (χ4v) is 4.77. The van der Waals surface area contributed by atoms with E-state index >= 15 is 0 Å². The fraction of sp³-hybridized carbons (Fsp3) is 0.565. The second kappa shape index (κ2) is 8.48. The number of ether oxygens (including phenoxy) is 1. The summed E-state index contributed by atoms with van der Waals surface area (Å²) in [5.74, 6) is 0.680. The third-order valence-corrected chi connectivity index (χ3v) is 6.55. The van der Waals surface area contributed by atoms with Crippen LogP contribution in [0.15, 0.2) is 36.4 Å². The van der Waals surface area contributed by atoms with Crippen molar-refractivity contribution in [1.29, 1.82) is 0 Å². The Labute approximate surface area is 167 Å². The molecule has 1 spiro atoms. The minimum absolute atomic E-state index is 0.0596. The lowest BCUT2D eigenvalue weighted by atomic mass is 9.77. The van der Waals surface area contributed by atoms with Gasteiger partial charge in [-0.25, -0.2) is 0 Å².